The molecule has 0 spiro atoms. The van der Waals surface area contributed by atoms with Crippen LogP contribution in [0.15, 0.2) is 43.0 Å². The van der Waals surface area contributed by atoms with Crippen molar-refractivity contribution in [3.05, 3.63) is 65.5 Å². The first-order valence-electron chi connectivity index (χ1n) is 10.2. The molecule has 1 amide bonds. The average molecular weight is 428 g/mol. The number of alkyl halides is 2. The molecule has 0 radical (unpaired) electrons. The van der Waals surface area contributed by atoms with E-state index in [0.29, 0.717) is 36.5 Å². The Bertz CT molecular complexity index is 1020. The van der Waals surface area contributed by atoms with Crippen LogP contribution in [0.5, 0.6) is 0 Å². The van der Waals surface area contributed by atoms with E-state index in [9.17, 15) is 13.6 Å². The van der Waals surface area contributed by atoms with Crippen LogP contribution in [0.1, 0.15) is 54.5 Å². The van der Waals surface area contributed by atoms with Gasteiger partial charge < -0.3 is 4.90 Å². The lowest BCUT2D eigenvalue weighted by molar-refractivity contribution is 0.0166. The van der Waals surface area contributed by atoms with E-state index in [1.807, 2.05) is 32.9 Å². The fourth-order valence-corrected chi connectivity index (χ4v) is 3.34. The Morgan fingerprint density at radius 3 is 2.42 bits per heavy atom. The molecule has 0 saturated carbocycles. The molecule has 0 bridgehead atoms. The van der Waals surface area contributed by atoms with Gasteiger partial charge in [0.05, 0.1) is 29.2 Å². The van der Waals surface area contributed by atoms with E-state index in [0.717, 1.165) is 24.9 Å². The van der Waals surface area contributed by atoms with Crippen molar-refractivity contribution in [3.63, 3.8) is 0 Å². The molecule has 31 heavy (non-hydrogen) atoms. The van der Waals surface area contributed by atoms with Crippen molar-refractivity contribution in [2.24, 2.45) is 0 Å². The number of carbonyl (C=O) groups excluding carboxylic acids is 1. The fourth-order valence-electron chi connectivity index (χ4n) is 3.34. The first kappa shape index (κ1) is 22.5. The third-order valence-corrected chi connectivity index (χ3v) is 5.15. The van der Waals surface area contributed by atoms with Gasteiger partial charge in [-0.15, -0.1) is 0 Å². The molecule has 0 aliphatic carbocycles. The molecule has 3 aromatic rings. The zero-order valence-corrected chi connectivity index (χ0v) is 18.1. The number of halogens is 2. The SMILES string of the molecule is CCN(C(=O)c1ccc(C)cc1-n1nccn1)[C@@H](C)CCc1ncc(C(C)(F)F)cn1. The topological polar surface area (TPSA) is 76.8 Å². The molecule has 0 fully saturated rings. The zero-order chi connectivity index (χ0) is 22.6. The van der Waals surface area contributed by atoms with Gasteiger partial charge in [-0.2, -0.15) is 15.0 Å². The first-order chi connectivity index (χ1) is 14.7. The van der Waals surface area contributed by atoms with Crippen LogP contribution in [-0.4, -0.2) is 48.4 Å². The summed E-state index contributed by atoms with van der Waals surface area (Å²) in [7, 11) is 0. The van der Waals surface area contributed by atoms with Gasteiger partial charge in [0.25, 0.3) is 11.8 Å². The second-order valence-electron chi connectivity index (χ2n) is 7.59. The van der Waals surface area contributed by atoms with Gasteiger partial charge in [-0.25, -0.2) is 18.7 Å². The Morgan fingerprint density at radius 2 is 1.84 bits per heavy atom. The number of amides is 1. The third-order valence-electron chi connectivity index (χ3n) is 5.15. The Kier molecular flexibility index (Phi) is 6.72. The molecule has 2 aromatic heterocycles. The van der Waals surface area contributed by atoms with Gasteiger partial charge in [-0.3, -0.25) is 4.79 Å². The summed E-state index contributed by atoms with van der Waals surface area (Å²) >= 11 is 0. The standard InChI is InChI=1S/C22H26F2N6O/c1-5-29(16(3)7-9-20-25-13-17(14-26-20)22(4,23)24)21(31)18-8-6-15(2)12-19(18)30-27-10-11-28-30/h6,8,10-14,16H,5,7,9H2,1-4H3/t16-/m0/s1. The van der Waals surface area contributed by atoms with Crippen molar-refractivity contribution in [2.75, 3.05) is 6.54 Å². The molecule has 0 aliphatic heterocycles. The van der Waals surface area contributed by atoms with Crippen LogP contribution in [0.3, 0.4) is 0 Å². The van der Waals surface area contributed by atoms with E-state index >= 15 is 0 Å². The molecule has 1 aromatic carbocycles. The van der Waals surface area contributed by atoms with Crippen LogP contribution in [0, 0.1) is 6.92 Å². The molecule has 3 rings (SSSR count). The zero-order valence-electron chi connectivity index (χ0n) is 18.1. The Labute approximate surface area is 180 Å². The predicted molar refractivity (Wildman–Crippen MR) is 112 cm³/mol. The molecule has 0 unspecified atom stereocenters. The van der Waals surface area contributed by atoms with Gasteiger partial charge in [0.2, 0.25) is 0 Å². The molecule has 1 atom stereocenters. The fraction of sp³-hybridized carbons (Fsp3) is 0.409. The van der Waals surface area contributed by atoms with E-state index < -0.39 is 5.92 Å². The summed E-state index contributed by atoms with van der Waals surface area (Å²) < 4.78 is 26.7. The first-order valence-corrected chi connectivity index (χ1v) is 10.2. The van der Waals surface area contributed by atoms with Crippen molar-refractivity contribution in [1.29, 1.82) is 0 Å². The molecule has 0 N–H and O–H groups in total. The largest absolute Gasteiger partial charge is 0.336 e. The number of benzene rings is 1. The van der Waals surface area contributed by atoms with E-state index in [1.54, 1.807) is 23.4 Å². The number of aryl methyl sites for hydroxylation is 2. The number of carbonyl (C=O) groups is 1. The highest BCUT2D eigenvalue weighted by Gasteiger charge is 2.26. The maximum Gasteiger partial charge on any atom is 0.273 e. The molecule has 7 nitrogen and oxygen atoms in total. The van der Waals surface area contributed by atoms with Crippen LogP contribution in [0.2, 0.25) is 0 Å². The third kappa shape index (κ3) is 5.28. The maximum atomic E-state index is 13.4. The summed E-state index contributed by atoms with van der Waals surface area (Å²) in [4.78, 5) is 24.7. The van der Waals surface area contributed by atoms with Gasteiger partial charge in [0.1, 0.15) is 5.82 Å². The van der Waals surface area contributed by atoms with Gasteiger partial charge in [0.15, 0.2) is 0 Å². The molecule has 2 heterocycles. The van der Waals surface area contributed by atoms with Crippen LogP contribution in [0.4, 0.5) is 8.78 Å². The summed E-state index contributed by atoms with van der Waals surface area (Å²) in [6.45, 7) is 7.15. The molecule has 9 heteroatoms. The maximum absolute atomic E-state index is 13.4. The molecule has 164 valence electrons. The normalized spacial score (nSPS) is 12.6. The number of nitrogens with zero attached hydrogens (tertiary/aromatic N) is 6. The van der Waals surface area contributed by atoms with E-state index in [-0.39, 0.29) is 17.5 Å². The van der Waals surface area contributed by atoms with Crippen molar-refractivity contribution >= 4 is 5.91 Å². The summed E-state index contributed by atoms with van der Waals surface area (Å²) in [5.41, 5.74) is 1.92. The Hall–Kier alpha value is -3.23. The second kappa shape index (κ2) is 9.28. The van der Waals surface area contributed by atoms with Gasteiger partial charge in [-0.05, 0) is 44.9 Å². The lowest BCUT2D eigenvalue weighted by atomic mass is 10.1. The quantitative estimate of drug-likeness (QED) is 0.543. The van der Waals surface area contributed by atoms with Gasteiger partial charge >= 0.3 is 0 Å². The number of hydrogen-bond donors (Lipinski definition) is 0. The minimum atomic E-state index is -2.97. The molecule has 0 saturated heterocycles. The number of aromatic nitrogens is 5. The highest BCUT2D eigenvalue weighted by molar-refractivity contribution is 5.98. The van der Waals surface area contributed by atoms with Crippen LogP contribution in [-0.2, 0) is 12.3 Å². The summed E-state index contributed by atoms with van der Waals surface area (Å²) in [5.74, 6) is -2.61. The van der Waals surface area contributed by atoms with E-state index in [1.165, 1.54) is 4.80 Å². The minimum absolute atomic E-state index is 0.104. The highest BCUT2D eigenvalue weighted by atomic mass is 19.3. The van der Waals surface area contributed by atoms with Crippen molar-refractivity contribution in [3.8, 4) is 5.69 Å². The lowest BCUT2D eigenvalue weighted by Gasteiger charge is -2.29. The minimum Gasteiger partial charge on any atom is -0.336 e. The Morgan fingerprint density at radius 1 is 1.19 bits per heavy atom. The predicted octanol–water partition coefficient (Wildman–Crippen LogP) is 3.96. The van der Waals surface area contributed by atoms with Crippen molar-refractivity contribution in [1.82, 2.24) is 29.9 Å². The van der Waals surface area contributed by atoms with Crippen LogP contribution >= 0.6 is 0 Å². The van der Waals surface area contributed by atoms with Crippen molar-refractivity contribution < 1.29 is 13.6 Å². The molecular weight excluding hydrogens is 402 g/mol. The smallest absolute Gasteiger partial charge is 0.273 e. The van der Waals surface area contributed by atoms with E-state index in [4.69, 9.17) is 0 Å². The molecule has 0 aliphatic rings. The second-order valence-corrected chi connectivity index (χ2v) is 7.59. The lowest BCUT2D eigenvalue weighted by Crippen LogP contribution is -2.39. The highest BCUT2D eigenvalue weighted by Crippen LogP contribution is 2.25. The Balaban J connectivity index is 1.74. The monoisotopic (exact) mass is 428 g/mol. The van der Waals surface area contributed by atoms with Crippen LogP contribution < -0.4 is 0 Å². The number of rotatable bonds is 8. The van der Waals surface area contributed by atoms with Gasteiger partial charge in [-0.1, -0.05) is 6.07 Å². The van der Waals surface area contributed by atoms with E-state index in [2.05, 4.69) is 20.2 Å². The van der Waals surface area contributed by atoms with Crippen LogP contribution in [0.25, 0.3) is 5.69 Å². The summed E-state index contributed by atoms with van der Waals surface area (Å²) in [5, 5.41) is 8.33. The molecular formula is C22H26F2N6O. The summed E-state index contributed by atoms with van der Waals surface area (Å²) in [6, 6.07) is 5.45. The van der Waals surface area contributed by atoms with Crippen molar-refractivity contribution in [2.45, 2.75) is 52.5 Å². The average Bonchev–Trinajstić information content (AvgIpc) is 3.27. The summed E-state index contributed by atoms with van der Waals surface area (Å²) in [6.07, 6.45) is 6.52. The number of hydrogen-bond acceptors (Lipinski definition) is 5. The van der Waals surface area contributed by atoms with Gasteiger partial charge in [0, 0.05) is 38.3 Å².